The second kappa shape index (κ2) is 7.69. The first kappa shape index (κ1) is 16.8. The molecule has 0 aliphatic carbocycles. The minimum atomic E-state index is -0.508. The fourth-order valence-electron chi connectivity index (χ4n) is 2.59. The van der Waals surface area contributed by atoms with Gasteiger partial charge in [-0.15, -0.1) is 0 Å². The van der Waals surface area contributed by atoms with Gasteiger partial charge in [0.15, 0.2) is 11.5 Å². The van der Waals surface area contributed by atoms with Crippen LogP contribution in [0.1, 0.15) is 29.0 Å². The van der Waals surface area contributed by atoms with Crippen LogP contribution >= 0.6 is 0 Å². The van der Waals surface area contributed by atoms with Crippen LogP contribution in [-0.4, -0.2) is 41.7 Å². The topological polar surface area (TPSA) is 105 Å². The van der Waals surface area contributed by atoms with Gasteiger partial charge in [-0.3, -0.25) is 14.7 Å². The molecule has 2 heterocycles. The van der Waals surface area contributed by atoms with Crippen molar-refractivity contribution in [2.24, 2.45) is 0 Å². The lowest BCUT2D eigenvalue weighted by molar-refractivity contribution is -0.124. The lowest BCUT2D eigenvalue weighted by atomic mass is 10.1. The van der Waals surface area contributed by atoms with Gasteiger partial charge in [0.05, 0.1) is 12.8 Å². The third kappa shape index (κ3) is 4.09. The number of carbonyl (C=O) groups excluding carboxylic acids is 2. The molecular weight excluding hydrogens is 324 g/mol. The second-order valence-corrected chi connectivity index (χ2v) is 5.68. The highest BCUT2D eigenvalue weighted by Crippen LogP contribution is 2.26. The van der Waals surface area contributed by atoms with Gasteiger partial charge in [-0.1, -0.05) is 12.1 Å². The Morgan fingerprint density at radius 3 is 2.92 bits per heavy atom. The molecular formula is C17H20N4O4. The van der Waals surface area contributed by atoms with E-state index in [9.17, 15) is 9.59 Å². The number of H-pyrrole nitrogens is 1. The third-order valence-electron chi connectivity index (χ3n) is 3.91. The van der Waals surface area contributed by atoms with Crippen LogP contribution in [0.3, 0.4) is 0 Å². The van der Waals surface area contributed by atoms with Gasteiger partial charge in [0, 0.05) is 6.54 Å². The molecule has 0 spiro atoms. The summed E-state index contributed by atoms with van der Waals surface area (Å²) in [5.74, 6) is 0.685. The van der Waals surface area contributed by atoms with Crippen LogP contribution < -0.4 is 20.1 Å². The van der Waals surface area contributed by atoms with Crippen molar-refractivity contribution in [1.82, 2.24) is 20.8 Å². The fourth-order valence-corrected chi connectivity index (χ4v) is 2.59. The number of hydrogen-bond donors (Lipinski definition) is 3. The number of methoxy groups -OCH3 is 1. The molecule has 25 heavy (non-hydrogen) atoms. The average molecular weight is 344 g/mol. The molecule has 1 fully saturated rings. The van der Waals surface area contributed by atoms with Gasteiger partial charge in [-0.05, 0) is 31.0 Å². The summed E-state index contributed by atoms with van der Waals surface area (Å²) < 4.78 is 10.9. The van der Waals surface area contributed by atoms with Crippen molar-refractivity contribution < 1.29 is 19.1 Å². The highest BCUT2D eigenvalue weighted by molar-refractivity contribution is 5.96. The van der Waals surface area contributed by atoms with E-state index in [4.69, 9.17) is 9.47 Å². The summed E-state index contributed by atoms with van der Waals surface area (Å²) in [5.41, 5.74) is 0.862. The molecule has 0 unspecified atom stereocenters. The van der Waals surface area contributed by atoms with Crippen LogP contribution in [-0.2, 0) is 11.4 Å². The Bertz CT molecular complexity index is 759. The lowest BCUT2D eigenvalue weighted by Crippen LogP contribution is -2.50. The summed E-state index contributed by atoms with van der Waals surface area (Å²) in [6.45, 7) is 0.864. The Hall–Kier alpha value is -3.03. The number of nitrogens with one attached hydrogen (secondary N) is 3. The van der Waals surface area contributed by atoms with E-state index < -0.39 is 6.04 Å². The van der Waals surface area contributed by atoms with Crippen molar-refractivity contribution in [2.45, 2.75) is 25.5 Å². The molecule has 1 aliphatic rings. The van der Waals surface area contributed by atoms with Gasteiger partial charge in [0.25, 0.3) is 5.91 Å². The highest BCUT2D eigenvalue weighted by Gasteiger charge is 2.24. The fraction of sp³-hybridized carbons (Fsp3) is 0.353. The Labute approximate surface area is 144 Å². The van der Waals surface area contributed by atoms with Crippen LogP contribution in [0.25, 0.3) is 0 Å². The van der Waals surface area contributed by atoms with Gasteiger partial charge < -0.3 is 20.1 Å². The normalized spacial score (nSPS) is 16.8. The van der Waals surface area contributed by atoms with Gasteiger partial charge >= 0.3 is 0 Å². The van der Waals surface area contributed by atoms with Crippen LogP contribution in [0.5, 0.6) is 11.5 Å². The van der Waals surface area contributed by atoms with Crippen molar-refractivity contribution in [3.8, 4) is 11.5 Å². The largest absolute Gasteiger partial charge is 0.493 e. The predicted molar refractivity (Wildman–Crippen MR) is 89.4 cm³/mol. The van der Waals surface area contributed by atoms with Gasteiger partial charge in [0.1, 0.15) is 18.3 Å². The molecule has 0 radical (unpaired) electrons. The maximum absolute atomic E-state index is 12.2. The first-order valence-electron chi connectivity index (χ1n) is 8.06. The highest BCUT2D eigenvalue weighted by atomic mass is 16.5. The number of aromatic amines is 1. The van der Waals surface area contributed by atoms with Crippen molar-refractivity contribution in [3.63, 3.8) is 0 Å². The van der Waals surface area contributed by atoms with Gasteiger partial charge in [-0.25, -0.2) is 0 Å². The van der Waals surface area contributed by atoms with Crippen LogP contribution in [0, 0.1) is 0 Å². The summed E-state index contributed by atoms with van der Waals surface area (Å²) in [5, 5.41) is 12.2. The van der Waals surface area contributed by atoms with Crippen LogP contribution in [0.2, 0.25) is 0 Å². The van der Waals surface area contributed by atoms with E-state index in [2.05, 4.69) is 20.8 Å². The number of ether oxygens (including phenoxy) is 2. The standard InChI is InChI=1S/C17H20N4O4/c1-24-14-6-2-3-7-15(14)25-10-11-9-13(21-20-11)17(23)19-12-5-4-8-18-16(12)22/h2-3,6-7,9,12H,4-5,8,10H2,1H3,(H,18,22)(H,19,23)(H,20,21)/t12-/m1/s1. The molecule has 0 saturated carbocycles. The van der Waals surface area contributed by atoms with Crippen molar-refractivity contribution in [2.75, 3.05) is 13.7 Å². The van der Waals surface area contributed by atoms with E-state index >= 15 is 0 Å². The second-order valence-electron chi connectivity index (χ2n) is 5.68. The Balaban J connectivity index is 1.58. The third-order valence-corrected chi connectivity index (χ3v) is 3.91. The monoisotopic (exact) mass is 344 g/mol. The van der Waals surface area contributed by atoms with E-state index in [-0.39, 0.29) is 24.1 Å². The summed E-state index contributed by atoms with van der Waals surface area (Å²) in [4.78, 5) is 23.9. The van der Waals surface area contributed by atoms with Gasteiger partial charge in [-0.2, -0.15) is 5.10 Å². The first-order chi connectivity index (χ1) is 12.2. The number of amides is 2. The van der Waals surface area contributed by atoms with Crippen molar-refractivity contribution in [3.05, 3.63) is 41.7 Å². The van der Waals surface area contributed by atoms with Crippen LogP contribution in [0.4, 0.5) is 0 Å². The number of piperidine rings is 1. The maximum Gasteiger partial charge on any atom is 0.272 e. The molecule has 3 rings (SSSR count). The van der Waals surface area contributed by atoms with Gasteiger partial charge in [0.2, 0.25) is 5.91 Å². The Kier molecular flexibility index (Phi) is 5.17. The summed E-state index contributed by atoms with van der Waals surface area (Å²) in [6.07, 6.45) is 1.47. The molecule has 8 nitrogen and oxygen atoms in total. The average Bonchev–Trinajstić information content (AvgIpc) is 3.11. The quantitative estimate of drug-likeness (QED) is 0.725. The minimum absolute atomic E-state index is 0.158. The predicted octanol–water partition coefficient (Wildman–Crippen LogP) is 1.01. The van der Waals surface area contributed by atoms with Crippen molar-refractivity contribution >= 4 is 11.8 Å². The molecule has 3 N–H and O–H groups in total. The van der Waals surface area contributed by atoms with Crippen molar-refractivity contribution in [1.29, 1.82) is 0 Å². The summed E-state index contributed by atoms with van der Waals surface area (Å²) in [6, 6.07) is 8.39. The number of hydrogen-bond acceptors (Lipinski definition) is 5. The van der Waals surface area contributed by atoms with E-state index in [0.717, 1.165) is 6.42 Å². The number of carbonyl (C=O) groups is 2. The molecule has 1 aromatic carbocycles. The number of aromatic nitrogens is 2. The molecule has 2 amide bonds. The molecule has 1 aromatic heterocycles. The number of para-hydroxylation sites is 2. The summed E-state index contributed by atoms with van der Waals surface area (Å²) in [7, 11) is 1.57. The molecule has 8 heteroatoms. The van der Waals surface area contributed by atoms with E-state index in [0.29, 0.717) is 30.2 Å². The molecule has 0 bridgehead atoms. The Morgan fingerprint density at radius 1 is 1.36 bits per heavy atom. The molecule has 1 atom stereocenters. The number of nitrogens with zero attached hydrogens (tertiary/aromatic N) is 1. The molecule has 1 aliphatic heterocycles. The summed E-state index contributed by atoms with van der Waals surface area (Å²) >= 11 is 0. The minimum Gasteiger partial charge on any atom is -0.493 e. The Morgan fingerprint density at radius 2 is 2.16 bits per heavy atom. The zero-order chi connectivity index (χ0) is 17.6. The zero-order valence-electron chi connectivity index (χ0n) is 13.9. The number of rotatable bonds is 6. The van der Waals surface area contributed by atoms with E-state index in [1.54, 1.807) is 25.3 Å². The molecule has 2 aromatic rings. The first-order valence-corrected chi connectivity index (χ1v) is 8.06. The lowest BCUT2D eigenvalue weighted by Gasteiger charge is -2.22. The maximum atomic E-state index is 12.2. The zero-order valence-corrected chi connectivity index (χ0v) is 13.9. The molecule has 1 saturated heterocycles. The smallest absolute Gasteiger partial charge is 0.272 e. The van der Waals surface area contributed by atoms with E-state index in [1.165, 1.54) is 0 Å². The SMILES string of the molecule is COc1ccccc1OCc1cc(C(=O)N[C@@H]2CCCNC2=O)n[nH]1. The number of benzene rings is 1. The van der Waals surface area contributed by atoms with E-state index in [1.807, 2.05) is 12.1 Å². The molecule has 132 valence electrons. The van der Waals surface area contributed by atoms with Crippen LogP contribution in [0.15, 0.2) is 30.3 Å².